The molecular formula is C21H34O9. The Morgan fingerprint density at radius 3 is 2.10 bits per heavy atom. The van der Waals surface area contributed by atoms with E-state index in [9.17, 15) is 24.3 Å². The second-order valence-corrected chi connectivity index (χ2v) is 7.96. The summed E-state index contributed by atoms with van der Waals surface area (Å²) in [5, 5.41) is 9.20. The molecule has 1 aliphatic carbocycles. The third-order valence-electron chi connectivity index (χ3n) is 5.32. The van der Waals surface area contributed by atoms with Crippen LogP contribution in [0.4, 0.5) is 0 Å². The van der Waals surface area contributed by atoms with Gasteiger partial charge in [-0.15, -0.1) is 0 Å². The zero-order valence-electron chi connectivity index (χ0n) is 18.1. The maximum absolute atomic E-state index is 12.1. The number of carbonyl (C=O) groups excluding carboxylic acids is 3. The van der Waals surface area contributed by atoms with Crippen molar-refractivity contribution in [1.82, 2.24) is 0 Å². The van der Waals surface area contributed by atoms with Crippen molar-refractivity contribution in [3.63, 3.8) is 0 Å². The smallest absolute Gasteiger partial charge is 0.311 e. The van der Waals surface area contributed by atoms with Crippen molar-refractivity contribution in [2.24, 2.45) is 17.3 Å². The Morgan fingerprint density at radius 2 is 1.47 bits per heavy atom. The fourth-order valence-electron chi connectivity index (χ4n) is 2.98. The topological polar surface area (TPSA) is 125 Å². The van der Waals surface area contributed by atoms with Crippen LogP contribution in [0.1, 0.15) is 59.3 Å². The number of carbonyl (C=O) groups is 4. The van der Waals surface area contributed by atoms with Gasteiger partial charge in [-0.3, -0.25) is 19.2 Å². The lowest BCUT2D eigenvalue weighted by Gasteiger charge is -2.26. The summed E-state index contributed by atoms with van der Waals surface area (Å²) in [6.45, 7) is 5.65. The molecule has 0 aromatic rings. The highest BCUT2D eigenvalue weighted by Gasteiger charge is 2.36. The van der Waals surface area contributed by atoms with E-state index in [1.807, 2.05) is 6.92 Å². The minimum atomic E-state index is -0.963. The summed E-state index contributed by atoms with van der Waals surface area (Å²) in [7, 11) is 0. The number of esters is 3. The molecule has 2 unspecified atom stereocenters. The third kappa shape index (κ3) is 9.11. The Bertz CT molecular complexity index is 585. The minimum absolute atomic E-state index is 0.000113. The maximum atomic E-state index is 12.1. The molecule has 9 nitrogen and oxygen atoms in total. The lowest BCUT2D eigenvalue weighted by atomic mass is 9.79. The first-order chi connectivity index (χ1) is 14.2. The molecule has 0 aromatic carbocycles. The van der Waals surface area contributed by atoms with Crippen LogP contribution in [0.5, 0.6) is 0 Å². The first-order valence-corrected chi connectivity index (χ1v) is 10.5. The van der Waals surface area contributed by atoms with Crippen molar-refractivity contribution in [2.45, 2.75) is 59.3 Å². The van der Waals surface area contributed by atoms with Crippen molar-refractivity contribution in [2.75, 3.05) is 33.0 Å². The average molecular weight is 430 g/mol. The highest BCUT2D eigenvalue weighted by Crippen LogP contribution is 2.31. The summed E-state index contributed by atoms with van der Waals surface area (Å²) in [5.74, 6) is -3.58. The second kappa shape index (κ2) is 13.2. The van der Waals surface area contributed by atoms with Gasteiger partial charge in [0.25, 0.3) is 0 Å². The molecule has 0 aliphatic heterocycles. The number of aliphatic carboxylic acids is 1. The van der Waals surface area contributed by atoms with E-state index >= 15 is 0 Å². The fourth-order valence-corrected chi connectivity index (χ4v) is 2.98. The van der Waals surface area contributed by atoms with E-state index in [-0.39, 0.29) is 45.4 Å². The molecular weight excluding hydrogens is 396 g/mol. The Hall–Kier alpha value is -2.16. The zero-order valence-corrected chi connectivity index (χ0v) is 18.1. The second-order valence-electron chi connectivity index (χ2n) is 7.96. The van der Waals surface area contributed by atoms with Crippen LogP contribution in [0.2, 0.25) is 0 Å². The molecule has 0 saturated heterocycles. The Balaban J connectivity index is 2.08. The summed E-state index contributed by atoms with van der Waals surface area (Å²) in [5.41, 5.74) is -0.563. The number of ether oxygens (including phenoxy) is 4. The van der Waals surface area contributed by atoms with Crippen LogP contribution in [-0.4, -0.2) is 62.0 Å². The summed E-state index contributed by atoms with van der Waals surface area (Å²) in [4.78, 5) is 46.7. The van der Waals surface area contributed by atoms with Crippen LogP contribution >= 0.6 is 0 Å². The van der Waals surface area contributed by atoms with Crippen molar-refractivity contribution < 1.29 is 43.2 Å². The highest BCUT2D eigenvalue weighted by atomic mass is 16.6. The average Bonchev–Trinajstić information content (AvgIpc) is 2.73. The Morgan fingerprint density at radius 1 is 0.867 bits per heavy atom. The zero-order chi connectivity index (χ0) is 22.6. The molecule has 0 heterocycles. The van der Waals surface area contributed by atoms with Crippen LogP contribution in [-0.2, 0) is 38.1 Å². The van der Waals surface area contributed by atoms with Gasteiger partial charge in [-0.05, 0) is 33.1 Å². The molecule has 9 heteroatoms. The van der Waals surface area contributed by atoms with Crippen molar-refractivity contribution in [3.05, 3.63) is 0 Å². The molecule has 1 fully saturated rings. The number of hydrogen-bond acceptors (Lipinski definition) is 8. The third-order valence-corrected chi connectivity index (χ3v) is 5.32. The van der Waals surface area contributed by atoms with E-state index in [2.05, 4.69) is 0 Å². The molecule has 0 spiro atoms. The van der Waals surface area contributed by atoms with E-state index in [1.54, 1.807) is 13.8 Å². The molecule has 1 N–H and O–H groups in total. The molecule has 0 radical (unpaired) electrons. The van der Waals surface area contributed by atoms with E-state index in [1.165, 1.54) is 0 Å². The SMILES string of the molecule is CCC(C)(C)C(=O)OCCOC(=O)CCOCCOC(=O)C1CCCCC1C(=O)O. The summed E-state index contributed by atoms with van der Waals surface area (Å²) in [6, 6.07) is 0. The van der Waals surface area contributed by atoms with E-state index in [4.69, 9.17) is 18.9 Å². The first kappa shape index (κ1) is 25.9. The van der Waals surface area contributed by atoms with Crippen LogP contribution in [0.15, 0.2) is 0 Å². The van der Waals surface area contributed by atoms with Crippen molar-refractivity contribution in [3.8, 4) is 0 Å². The molecule has 30 heavy (non-hydrogen) atoms. The van der Waals surface area contributed by atoms with Crippen molar-refractivity contribution >= 4 is 23.9 Å². The first-order valence-electron chi connectivity index (χ1n) is 10.5. The van der Waals surface area contributed by atoms with E-state index in [0.29, 0.717) is 19.3 Å². The van der Waals surface area contributed by atoms with E-state index < -0.39 is 35.2 Å². The summed E-state index contributed by atoms with van der Waals surface area (Å²) in [6.07, 6.45) is 3.30. The van der Waals surface area contributed by atoms with Crippen LogP contribution in [0, 0.1) is 17.3 Å². The van der Waals surface area contributed by atoms with Gasteiger partial charge in [0.2, 0.25) is 0 Å². The van der Waals surface area contributed by atoms with E-state index in [0.717, 1.165) is 12.8 Å². The van der Waals surface area contributed by atoms with Gasteiger partial charge in [0.1, 0.15) is 19.8 Å². The molecule has 2 atom stereocenters. The van der Waals surface area contributed by atoms with Gasteiger partial charge < -0.3 is 24.1 Å². The Kier molecular flexibility index (Phi) is 11.4. The Labute approximate surface area is 177 Å². The van der Waals surface area contributed by atoms with Gasteiger partial charge in [-0.25, -0.2) is 0 Å². The summed E-state index contributed by atoms with van der Waals surface area (Å²) >= 11 is 0. The van der Waals surface area contributed by atoms with Crippen LogP contribution in [0.25, 0.3) is 0 Å². The molecule has 0 amide bonds. The quantitative estimate of drug-likeness (QED) is 0.266. The fraction of sp³-hybridized carbons (Fsp3) is 0.810. The molecule has 1 rings (SSSR count). The molecule has 0 bridgehead atoms. The monoisotopic (exact) mass is 430 g/mol. The predicted octanol–water partition coefficient (Wildman–Crippen LogP) is 2.35. The molecule has 1 saturated carbocycles. The van der Waals surface area contributed by atoms with Gasteiger partial charge in [-0.1, -0.05) is 19.8 Å². The number of hydrogen-bond donors (Lipinski definition) is 1. The lowest BCUT2D eigenvalue weighted by Crippen LogP contribution is -2.34. The van der Waals surface area contributed by atoms with Gasteiger partial charge in [0, 0.05) is 0 Å². The van der Waals surface area contributed by atoms with Gasteiger partial charge >= 0.3 is 23.9 Å². The molecule has 0 aromatic heterocycles. The lowest BCUT2D eigenvalue weighted by molar-refractivity contribution is -0.161. The van der Waals surface area contributed by atoms with Gasteiger partial charge in [0.05, 0.1) is 36.9 Å². The largest absolute Gasteiger partial charge is 0.481 e. The maximum Gasteiger partial charge on any atom is 0.311 e. The summed E-state index contributed by atoms with van der Waals surface area (Å²) < 4.78 is 20.4. The van der Waals surface area contributed by atoms with Gasteiger partial charge in [-0.2, -0.15) is 0 Å². The number of carboxylic acids is 1. The van der Waals surface area contributed by atoms with Crippen molar-refractivity contribution in [1.29, 1.82) is 0 Å². The standard InChI is InChI=1S/C21H34O9/c1-4-21(2,3)20(26)30-14-13-28-17(22)9-10-27-11-12-29-19(25)16-8-6-5-7-15(16)18(23)24/h15-16H,4-14H2,1-3H3,(H,23,24). The van der Waals surface area contributed by atoms with Crippen LogP contribution in [0.3, 0.4) is 0 Å². The minimum Gasteiger partial charge on any atom is -0.481 e. The van der Waals surface area contributed by atoms with Gasteiger partial charge in [0.15, 0.2) is 0 Å². The number of rotatable bonds is 13. The number of carboxylic acid groups (broad SMARTS) is 1. The highest BCUT2D eigenvalue weighted by molar-refractivity contribution is 5.81. The normalized spacial score (nSPS) is 19.0. The molecule has 172 valence electrons. The predicted molar refractivity (Wildman–Crippen MR) is 105 cm³/mol. The molecule has 1 aliphatic rings. The van der Waals surface area contributed by atoms with Crippen LogP contribution < -0.4 is 0 Å².